The summed E-state index contributed by atoms with van der Waals surface area (Å²) in [6, 6.07) is 10.9. The number of fused-ring (bicyclic) bond motifs is 3. The summed E-state index contributed by atoms with van der Waals surface area (Å²) in [5.41, 5.74) is 2.44. The normalized spacial score (nSPS) is 18.7. The highest BCUT2D eigenvalue weighted by atomic mass is 16.5. The second-order valence-electron chi connectivity index (χ2n) is 7.07. The molecule has 3 aromatic rings. The predicted octanol–water partition coefficient (Wildman–Crippen LogP) is 3.35. The Hall–Kier alpha value is -3.22. The number of anilines is 1. The Morgan fingerprint density at radius 3 is 2.72 bits per heavy atom. The Morgan fingerprint density at radius 1 is 1.17 bits per heavy atom. The first kappa shape index (κ1) is 19.1. The lowest BCUT2D eigenvalue weighted by Gasteiger charge is -2.37. The summed E-state index contributed by atoms with van der Waals surface area (Å²) in [5, 5.41) is 0. The third-order valence-corrected chi connectivity index (χ3v) is 5.25. The van der Waals surface area contributed by atoms with E-state index in [0.717, 1.165) is 29.4 Å². The summed E-state index contributed by atoms with van der Waals surface area (Å²) in [6.45, 7) is 4.54. The van der Waals surface area contributed by atoms with E-state index in [-0.39, 0.29) is 12.5 Å². The van der Waals surface area contributed by atoms with Gasteiger partial charge in [0.25, 0.3) is 0 Å². The van der Waals surface area contributed by atoms with Crippen molar-refractivity contribution in [1.82, 2.24) is 14.5 Å². The number of benzene rings is 1. The highest BCUT2D eigenvalue weighted by molar-refractivity contribution is 6.08. The molecule has 150 valence electrons. The van der Waals surface area contributed by atoms with E-state index in [1.54, 1.807) is 24.2 Å². The fraction of sp³-hybridized carbons (Fsp3) is 0.364. The maximum absolute atomic E-state index is 13.5. The zero-order chi connectivity index (χ0) is 20.4. The van der Waals surface area contributed by atoms with Crippen molar-refractivity contribution in [2.24, 2.45) is 5.92 Å². The van der Waals surface area contributed by atoms with Gasteiger partial charge in [-0.3, -0.25) is 19.5 Å². The lowest BCUT2D eigenvalue weighted by atomic mass is 9.90. The Bertz CT molecular complexity index is 1030. The summed E-state index contributed by atoms with van der Waals surface area (Å²) in [5.74, 6) is -1.20. The van der Waals surface area contributed by atoms with Crippen molar-refractivity contribution < 1.29 is 14.3 Å². The van der Waals surface area contributed by atoms with Crippen LogP contribution in [-0.4, -0.2) is 39.6 Å². The first-order valence-corrected chi connectivity index (χ1v) is 10.0. The molecule has 0 radical (unpaired) electrons. The van der Waals surface area contributed by atoms with Crippen LogP contribution in [0.4, 0.5) is 5.95 Å². The van der Waals surface area contributed by atoms with Crippen LogP contribution in [0, 0.1) is 5.92 Å². The molecule has 0 unspecified atom stereocenters. The van der Waals surface area contributed by atoms with Gasteiger partial charge >= 0.3 is 5.97 Å². The SMILES string of the molecule is CCCCN1C(=O)[C@@H](C(=O)OCC)[C@@H](c2cccnc2)n2c1nc1ccccc12. The van der Waals surface area contributed by atoms with E-state index < -0.39 is 17.9 Å². The molecule has 1 aliphatic rings. The number of ether oxygens (including phenoxy) is 1. The van der Waals surface area contributed by atoms with Crippen LogP contribution in [0.3, 0.4) is 0 Å². The number of nitrogens with zero attached hydrogens (tertiary/aromatic N) is 4. The number of carbonyl (C=O) groups excluding carboxylic acids is 2. The Kier molecular flexibility index (Phi) is 5.29. The smallest absolute Gasteiger partial charge is 0.321 e. The van der Waals surface area contributed by atoms with Gasteiger partial charge in [0.05, 0.1) is 23.7 Å². The third kappa shape index (κ3) is 3.26. The first-order chi connectivity index (χ1) is 14.2. The second-order valence-corrected chi connectivity index (χ2v) is 7.07. The van der Waals surface area contributed by atoms with Crippen molar-refractivity contribution in [2.45, 2.75) is 32.7 Å². The number of amides is 1. The summed E-state index contributed by atoms with van der Waals surface area (Å²) < 4.78 is 7.31. The number of esters is 1. The average molecular weight is 392 g/mol. The lowest BCUT2D eigenvalue weighted by molar-refractivity contribution is -0.153. The molecule has 7 nitrogen and oxygen atoms in total. The quantitative estimate of drug-likeness (QED) is 0.475. The van der Waals surface area contributed by atoms with Crippen molar-refractivity contribution in [3.8, 4) is 0 Å². The Balaban J connectivity index is 1.97. The average Bonchev–Trinajstić information content (AvgIpc) is 3.12. The molecule has 1 aromatic carbocycles. The van der Waals surface area contributed by atoms with Gasteiger partial charge in [0.2, 0.25) is 11.9 Å². The van der Waals surface area contributed by atoms with Gasteiger partial charge < -0.3 is 9.30 Å². The van der Waals surface area contributed by atoms with E-state index in [2.05, 4.69) is 11.9 Å². The number of rotatable bonds is 6. The molecule has 0 saturated carbocycles. The minimum atomic E-state index is -0.985. The van der Waals surface area contributed by atoms with E-state index >= 15 is 0 Å². The molecule has 0 fully saturated rings. The van der Waals surface area contributed by atoms with Crippen molar-refractivity contribution in [2.75, 3.05) is 18.1 Å². The van der Waals surface area contributed by atoms with Gasteiger partial charge in [0, 0.05) is 18.9 Å². The monoisotopic (exact) mass is 392 g/mol. The molecule has 7 heteroatoms. The van der Waals surface area contributed by atoms with E-state index in [1.165, 1.54) is 0 Å². The zero-order valence-corrected chi connectivity index (χ0v) is 16.6. The van der Waals surface area contributed by atoms with Crippen LogP contribution in [0.25, 0.3) is 11.0 Å². The summed E-state index contributed by atoms with van der Waals surface area (Å²) in [6.07, 6.45) is 5.13. The zero-order valence-electron chi connectivity index (χ0n) is 16.6. The molecular weight excluding hydrogens is 368 g/mol. The molecule has 0 bridgehead atoms. The maximum atomic E-state index is 13.5. The van der Waals surface area contributed by atoms with Crippen LogP contribution in [-0.2, 0) is 14.3 Å². The van der Waals surface area contributed by atoms with Crippen molar-refractivity contribution in [3.63, 3.8) is 0 Å². The summed E-state index contributed by atoms with van der Waals surface area (Å²) >= 11 is 0. The van der Waals surface area contributed by atoms with Crippen LogP contribution in [0.15, 0.2) is 48.8 Å². The van der Waals surface area contributed by atoms with Crippen LogP contribution in [0.5, 0.6) is 0 Å². The fourth-order valence-electron chi connectivity index (χ4n) is 3.93. The number of carbonyl (C=O) groups is 2. The molecule has 1 amide bonds. The number of para-hydroxylation sites is 2. The first-order valence-electron chi connectivity index (χ1n) is 10.0. The number of hydrogen-bond acceptors (Lipinski definition) is 5. The van der Waals surface area contributed by atoms with Gasteiger partial charge in [-0.1, -0.05) is 31.5 Å². The molecule has 0 N–H and O–H groups in total. The topological polar surface area (TPSA) is 77.3 Å². The van der Waals surface area contributed by atoms with E-state index in [1.807, 2.05) is 41.0 Å². The standard InChI is InChI=1S/C22H24N4O3/c1-3-5-13-25-20(27)18(21(28)29-4-2)19(15-9-8-12-23-14-15)26-17-11-7-6-10-16(17)24-22(25)26/h6-12,14,18-19H,3-5,13H2,1-2H3/t18-,19+/m0/s1. The van der Waals surface area contributed by atoms with Crippen LogP contribution in [0.1, 0.15) is 38.3 Å². The van der Waals surface area contributed by atoms with E-state index in [0.29, 0.717) is 12.5 Å². The molecule has 3 heterocycles. The molecule has 2 aromatic heterocycles. The predicted molar refractivity (Wildman–Crippen MR) is 109 cm³/mol. The van der Waals surface area contributed by atoms with Gasteiger partial charge in [0.1, 0.15) is 0 Å². The van der Waals surface area contributed by atoms with Gasteiger partial charge in [0.15, 0.2) is 5.92 Å². The van der Waals surface area contributed by atoms with Crippen molar-refractivity contribution in [1.29, 1.82) is 0 Å². The number of unbranched alkanes of at least 4 members (excludes halogenated alkanes) is 1. The van der Waals surface area contributed by atoms with E-state index in [9.17, 15) is 9.59 Å². The molecule has 0 saturated heterocycles. The maximum Gasteiger partial charge on any atom is 0.321 e. The van der Waals surface area contributed by atoms with Gasteiger partial charge in [-0.05, 0) is 37.1 Å². The second kappa shape index (κ2) is 8.03. The van der Waals surface area contributed by atoms with Crippen molar-refractivity contribution >= 4 is 28.9 Å². The lowest BCUT2D eigenvalue weighted by Crippen LogP contribution is -2.50. The molecule has 2 atom stereocenters. The molecule has 29 heavy (non-hydrogen) atoms. The van der Waals surface area contributed by atoms with Gasteiger partial charge in [-0.25, -0.2) is 4.98 Å². The highest BCUT2D eigenvalue weighted by Crippen LogP contribution is 2.41. The largest absolute Gasteiger partial charge is 0.465 e. The van der Waals surface area contributed by atoms with Gasteiger partial charge in [-0.15, -0.1) is 0 Å². The molecular formula is C22H24N4O3. The summed E-state index contributed by atoms with van der Waals surface area (Å²) in [4.78, 5) is 37.1. The van der Waals surface area contributed by atoms with Crippen LogP contribution >= 0.6 is 0 Å². The number of imidazole rings is 1. The Morgan fingerprint density at radius 2 is 2.00 bits per heavy atom. The van der Waals surface area contributed by atoms with Gasteiger partial charge in [-0.2, -0.15) is 0 Å². The highest BCUT2D eigenvalue weighted by Gasteiger charge is 2.47. The number of hydrogen-bond donors (Lipinski definition) is 0. The van der Waals surface area contributed by atoms with Crippen molar-refractivity contribution in [3.05, 3.63) is 54.4 Å². The molecule has 0 spiro atoms. The number of pyridine rings is 1. The van der Waals surface area contributed by atoms with Crippen LogP contribution < -0.4 is 4.90 Å². The fourth-order valence-corrected chi connectivity index (χ4v) is 3.93. The molecule has 4 rings (SSSR count). The minimum absolute atomic E-state index is 0.217. The summed E-state index contributed by atoms with van der Waals surface area (Å²) in [7, 11) is 0. The van der Waals surface area contributed by atoms with E-state index in [4.69, 9.17) is 9.72 Å². The molecule has 0 aliphatic carbocycles. The number of aromatic nitrogens is 3. The minimum Gasteiger partial charge on any atom is -0.465 e. The third-order valence-electron chi connectivity index (χ3n) is 5.25. The Labute approximate surface area is 169 Å². The molecule has 1 aliphatic heterocycles. The van der Waals surface area contributed by atoms with Crippen LogP contribution in [0.2, 0.25) is 0 Å².